The molecule has 2 N–H and O–H groups in total. The molecule has 0 bridgehead atoms. The summed E-state index contributed by atoms with van der Waals surface area (Å²) in [6, 6.07) is 4.00. The third-order valence-corrected chi connectivity index (χ3v) is 3.17. The third-order valence-electron chi connectivity index (χ3n) is 3.17. The lowest BCUT2D eigenvalue weighted by Gasteiger charge is -2.27. The molecule has 0 unspecified atom stereocenters. The number of nitrogen functional groups attached to an aromatic ring is 1. The van der Waals surface area contributed by atoms with E-state index in [9.17, 15) is 0 Å². The first-order valence-electron chi connectivity index (χ1n) is 6.18. The minimum atomic E-state index is 0.635. The molecule has 16 heavy (non-hydrogen) atoms. The van der Waals surface area contributed by atoms with Gasteiger partial charge in [-0.2, -0.15) is 0 Å². The molecule has 3 heteroatoms. The summed E-state index contributed by atoms with van der Waals surface area (Å²) < 4.78 is 0. The highest BCUT2D eigenvalue weighted by Gasteiger charge is 2.12. The van der Waals surface area contributed by atoms with Crippen LogP contribution in [0.5, 0.6) is 0 Å². The summed E-state index contributed by atoms with van der Waals surface area (Å²) in [6.45, 7) is 8.70. The van der Waals surface area contributed by atoms with Crippen LogP contribution >= 0.6 is 0 Å². The SMILES string of the molecule is CCC(CC)CN(CC)c1cccnc1N. The number of anilines is 2. The summed E-state index contributed by atoms with van der Waals surface area (Å²) in [5.74, 6) is 1.37. The fraction of sp³-hybridized carbons (Fsp3) is 0.615. The normalized spacial score (nSPS) is 10.8. The van der Waals surface area contributed by atoms with Crippen molar-refractivity contribution in [3.05, 3.63) is 18.3 Å². The molecule has 0 saturated heterocycles. The van der Waals surface area contributed by atoms with Crippen LogP contribution in [0.2, 0.25) is 0 Å². The summed E-state index contributed by atoms with van der Waals surface area (Å²) in [7, 11) is 0. The Labute approximate surface area is 98.7 Å². The topological polar surface area (TPSA) is 42.2 Å². The number of aromatic nitrogens is 1. The van der Waals surface area contributed by atoms with Gasteiger partial charge in [0, 0.05) is 19.3 Å². The van der Waals surface area contributed by atoms with Crippen LogP contribution in [0.1, 0.15) is 33.6 Å². The van der Waals surface area contributed by atoms with E-state index in [0.29, 0.717) is 5.82 Å². The quantitative estimate of drug-likeness (QED) is 0.803. The van der Waals surface area contributed by atoms with E-state index in [1.54, 1.807) is 6.20 Å². The van der Waals surface area contributed by atoms with Crippen LogP contribution in [-0.2, 0) is 0 Å². The largest absolute Gasteiger partial charge is 0.382 e. The second-order valence-corrected chi connectivity index (χ2v) is 4.13. The van der Waals surface area contributed by atoms with Gasteiger partial charge in [-0.25, -0.2) is 4.98 Å². The van der Waals surface area contributed by atoms with Crippen molar-refractivity contribution >= 4 is 11.5 Å². The van der Waals surface area contributed by atoms with E-state index in [1.165, 1.54) is 12.8 Å². The summed E-state index contributed by atoms with van der Waals surface area (Å²) in [5, 5.41) is 0. The van der Waals surface area contributed by atoms with Crippen molar-refractivity contribution in [3.63, 3.8) is 0 Å². The number of pyridine rings is 1. The first-order valence-corrected chi connectivity index (χ1v) is 6.18. The van der Waals surface area contributed by atoms with E-state index >= 15 is 0 Å². The Bertz CT molecular complexity index is 308. The van der Waals surface area contributed by atoms with Crippen LogP contribution in [0.25, 0.3) is 0 Å². The molecular weight excluding hydrogens is 198 g/mol. The van der Waals surface area contributed by atoms with Gasteiger partial charge in [-0.3, -0.25) is 0 Å². The van der Waals surface area contributed by atoms with E-state index in [2.05, 4.69) is 30.7 Å². The Morgan fingerprint density at radius 2 is 2.00 bits per heavy atom. The standard InChI is InChI=1S/C13H23N3/c1-4-11(5-2)10-16(6-3)12-8-7-9-15-13(12)14/h7-9,11H,4-6,10H2,1-3H3,(H2,14,15). The molecule has 1 aromatic rings. The summed E-state index contributed by atoms with van der Waals surface area (Å²) in [4.78, 5) is 6.46. The highest BCUT2D eigenvalue weighted by Crippen LogP contribution is 2.22. The van der Waals surface area contributed by atoms with E-state index in [0.717, 1.165) is 24.7 Å². The van der Waals surface area contributed by atoms with Gasteiger partial charge in [0.1, 0.15) is 5.82 Å². The van der Waals surface area contributed by atoms with Crippen LogP contribution in [0.3, 0.4) is 0 Å². The van der Waals surface area contributed by atoms with Crippen LogP contribution in [-0.4, -0.2) is 18.1 Å². The molecule has 0 aliphatic rings. The van der Waals surface area contributed by atoms with Gasteiger partial charge in [0.2, 0.25) is 0 Å². The third kappa shape index (κ3) is 3.12. The first-order chi connectivity index (χ1) is 7.72. The highest BCUT2D eigenvalue weighted by atomic mass is 15.1. The van der Waals surface area contributed by atoms with E-state index < -0.39 is 0 Å². The minimum absolute atomic E-state index is 0.635. The van der Waals surface area contributed by atoms with Gasteiger partial charge in [-0.05, 0) is 25.0 Å². The zero-order chi connectivity index (χ0) is 12.0. The molecular formula is C13H23N3. The first kappa shape index (κ1) is 12.8. The molecule has 0 aliphatic heterocycles. The zero-order valence-corrected chi connectivity index (χ0v) is 10.6. The molecule has 0 aliphatic carbocycles. The summed E-state index contributed by atoms with van der Waals surface area (Å²) >= 11 is 0. The van der Waals surface area contributed by atoms with Crippen molar-refractivity contribution in [3.8, 4) is 0 Å². The lowest BCUT2D eigenvalue weighted by molar-refractivity contribution is 0.486. The van der Waals surface area contributed by atoms with Crippen molar-refractivity contribution in [2.24, 2.45) is 5.92 Å². The minimum Gasteiger partial charge on any atom is -0.382 e. The van der Waals surface area contributed by atoms with Crippen LogP contribution in [0, 0.1) is 5.92 Å². The molecule has 0 aromatic carbocycles. The molecule has 0 saturated carbocycles. The van der Waals surface area contributed by atoms with Crippen molar-refractivity contribution in [2.45, 2.75) is 33.6 Å². The molecule has 1 heterocycles. The molecule has 1 aromatic heterocycles. The Balaban J connectivity index is 2.78. The van der Waals surface area contributed by atoms with E-state index in [4.69, 9.17) is 5.73 Å². The fourth-order valence-electron chi connectivity index (χ4n) is 1.93. The Hall–Kier alpha value is -1.25. The lowest BCUT2D eigenvalue weighted by atomic mass is 10.0. The maximum Gasteiger partial charge on any atom is 0.146 e. The molecule has 1 rings (SSSR count). The van der Waals surface area contributed by atoms with Gasteiger partial charge >= 0.3 is 0 Å². The second kappa shape index (κ2) is 6.36. The monoisotopic (exact) mass is 221 g/mol. The molecule has 0 fully saturated rings. The number of hydrogen-bond donors (Lipinski definition) is 1. The van der Waals surface area contributed by atoms with E-state index in [-0.39, 0.29) is 0 Å². The Morgan fingerprint density at radius 1 is 1.31 bits per heavy atom. The van der Waals surface area contributed by atoms with Gasteiger partial charge in [-0.1, -0.05) is 26.7 Å². The molecule has 0 radical (unpaired) electrons. The van der Waals surface area contributed by atoms with Gasteiger partial charge in [0.05, 0.1) is 5.69 Å². The van der Waals surface area contributed by atoms with Crippen molar-refractivity contribution in [1.29, 1.82) is 0 Å². The predicted molar refractivity (Wildman–Crippen MR) is 70.6 cm³/mol. The second-order valence-electron chi connectivity index (χ2n) is 4.13. The van der Waals surface area contributed by atoms with Gasteiger partial charge in [0.15, 0.2) is 0 Å². The van der Waals surface area contributed by atoms with Crippen LogP contribution in [0.4, 0.5) is 11.5 Å². The predicted octanol–water partition coefficient (Wildman–Crippen LogP) is 2.93. The molecule has 0 spiro atoms. The average molecular weight is 221 g/mol. The molecule has 0 atom stereocenters. The zero-order valence-electron chi connectivity index (χ0n) is 10.6. The van der Waals surface area contributed by atoms with Gasteiger partial charge in [0.25, 0.3) is 0 Å². The highest BCUT2D eigenvalue weighted by molar-refractivity contribution is 5.62. The fourth-order valence-corrected chi connectivity index (χ4v) is 1.93. The Morgan fingerprint density at radius 3 is 2.50 bits per heavy atom. The van der Waals surface area contributed by atoms with Crippen molar-refractivity contribution in [2.75, 3.05) is 23.7 Å². The smallest absolute Gasteiger partial charge is 0.146 e. The molecule has 90 valence electrons. The summed E-state index contributed by atoms with van der Waals surface area (Å²) in [5.41, 5.74) is 6.97. The number of hydrogen-bond acceptors (Lipinski definition) is 3. The number of rotatable bonds is 6. The molecule has 0 amide bonds. The number of nitrogens with zero attached hydrogens (tertiary/aromatic N) is 2. The van der Waals surface area contributed by atoms with Gasteiger partial charge in [-0.15, -0.1) is 0 Å². The maximum absolute atomic E-state index is 5.90. The van der Waals surface area contributed by atoms with Crippen LogP contribution in [0.15, 0.2) is 18.3 Å². The maximum atomic E-state index is 5.90. The lowest BCUT2D eigenvalue weighted by Crippen LogP contribution is -2.29. The number of nitrogens with two attached hydrogens (primary N) is 1. The Kier molecular flexibility index (Phi) is 5.09. The van der Waals surface area contributed by atoms with Crippen molar-refractivity contribution in [1.82, 2.24) is 4.98 Å². The summed E-state index contributed by atoms with van der Waals surface area (Å²) in [6.07, 6.45) is 4.17. The van der Waals surface area contributed by atoms with Crippen molar-refractivity contribution < 1.29 is 0 Å². The average Bonchev–Trinajstić information content (AvgIpc) is 2.32. The van der Waals surface area contributed by atoms with Gasteiger partial charge < -0.3 is 10.6 Å². The van der Waals surface area contributed by atoms with Crippen LogP contribution < -0.4 is 10.6 Å². The molecule has 3 nitrogen and oxygen atoms in total. The van der Waals surface area contributed by atoms with E-state index in [1.807, 2.05) is 12.1 Å².